The van der Waals surface area contributed by atoms with Crippen LogP contribution in [0.4, 0.5) is 0 Å². The zero-order valence-electron chi connectivity index (χ0n) is 18.0. The summed E-state index contributed by atoms with van der Waals surface area (Å²) in [6, 6.07) is 0. The van der Waals surface area contributed by atoms with E-state index in [1.54, 1.807) is 12.2 Å². The molecule has 1 rings (SSSR count). The summed E-state index contributed by atoms with van der Waals surface area (Å²) in [5, 5.41) is 38.0. The zero-order chi connectivity index (χ0) is 22.4. The molecule has 1 aliphatic carbocycles. The van der Waals surface area contributed by atoms with E-state index < -0.39 is 37.5 Å². The third kappa shape index (κ3) is 9.98. The van der Waals surface area contributed by atoms with Crippen LogP contribution in [-0.4, -0.2) is 63.7 Å². The lowest BCUT2D eigenvalue weighted by Gasteiger charge is -2.16. The van der Waals surface area contributed by atoms with Gasteiger partial charge in [0, 0.05) is 24.7 Å². The highest BCUT2D eigenvalue weighted by Crippen LogP contribution is 2.33. The van der Waals surface area contributed by atoms with E-state index in [0.29, 0.717) is 25.7 Å². The average molecular weight is 427 g/mol. The van der Waals surface area contributed by atoms with Gasteiger partial charge >= 0.3 is 5.97 Å². The third-order valence-corrected chi connectivity index (χ3v) is 5.41. The first kappa shape index (κ1) is 26.5. The monoisotopic (exact) mass is 426 g/mol. The van der Waals surface area contributed by atoms with Gasteiger partial charge in [0.1, 0.15) is 11.9 Å². The molecule has 0 spiro atoms. The van der Waals surface area contributed by atoms with Crippen molar-refractivity contribution in [3.63, 3.8) is 0 Å². The Morgan fingerprint density at radius 1 is 1.20 bits per heavy atom. The van der Waals surface area contributed by atoms with Crippen LogP contribution in [0.2, 0.25) is 0 Å². The molecule has 0 amide bonds. The molecule has 4 N–H and O–H groups in total. The van der Waals surface area contributed by atoms with Gasteiger partial charge in [-0.25, -0.2) is 0 Å². The third-order valence-electron chi connectivity index (χ3n) is 5.41. The van der Waals surface area contributed by atoms with E-state index in [1.807, 2.05) is 12.2 Å². The molecule has 172 valence electrons. The molecule has 0 unspecified atom stereocenters. The lowest BCUT2D eigenvalue weighted by Crippen LogP contribution is -2.25. The van der Waals surface area contributed by atoms with E-state index in [-0.39, 0.29) is 30.5 Å². The van der Waals surface area contributed by atoms with Crippen LogP contribution in [-0.2, 0) is 14.3 Å². The minimum atomic E-state index is -0.872. The predicted molar refractivity (Wildman–Crippen MR) is 114 cm³/mol. The van der Waals surface area contributed by atoms with Crippen molar-refractivity contribution in [2.45, 2.75) is 83.0 Å². The molecule has 0 heterocycles. The van der Waals surface area contributed by atoms with Crippen molar-refractivity contribution in [3.8, 4) is 0 Å². The Bertz CT molecular complexity index is 554. The molecule has 0 aliphatic heterocycles. The Labute approximate surface area is 179 Å². The SMILES string of the molecule is CCCCC[C@H](O)/C=C/[C@H]1[C@H](C/C=C\CCCC(=O)OC(CO)CO)C(=O)C[C@@H]1O. The number of esters is 1. The van der Waals surface area contributed by atoms with Crippen molar-refractivity contribution < 1.29 is 34.8 Å². The smallest absolute Gasteiger partial charge is 0.306 e. The largest absolute Gasteiger partial charge is 0.457 e. The van der Waals surface area contributed by atoms with Crippen LogP contribution >= 0.6 is 0 Å². The molecule has 0 radical (unpaired) electrons. The number of aliphatic hydroxyl groups excluding tert-OH is 4. The molecule has 7 heteroatoms. The van der Waals surface area contributed by atoms with Gasteiger partial charge in [-0.15, -0.1) is 0 Å². The number of ketones is 1. The molecule has 0 aromatic heterocycles. The number of carbonyl (C=O) groups excluding carboxylic acids is 2. The number of unbranched alkanes of at least 4 members (excludes halogenated alkanes) is 3. The molecule has 1 fully saturated rings. The molecular formula is C23H38O7. The fraction of sp³-hybridized carbons (Fsp3) is 0.739. The summed E-state index contributed by atoms with van der Waals surface area (Å²) in [5.41, 5.74) is 0. The van der Waals surface area contributed by atoms with Crippen LogP contribution in [0.1, 0.15) is 64.7 Å². The Morgan fingerprint density at radius 3 is 2.60 bits per heavy atom. The lowest BCUT2D eigenvalue weighted by molar-refractivity contribution is -0.153. The summed E-state index contributed by atoms with van der Waals surface area (Å²) in [6.45, 7) is 1.29. The maximum absolute atomic E-state index is 12.2. The first-order chi connectivity index (χ1) is 14.4. The van der Waals surface area contributed by atoms with Gasteiger partial charge in [-0.2, -0.15) is 0 Å². The van der Waals surface area contributed by atoms with Crippen LogP contribution in [0.15, 0.2) is 24.3 Å². The molecule has 30 heavy (non-hydrogen) atoms. The molecular weight excluding hydrogens is 388 g/mol. The van der Waals surface area contributed by atoms with Gasteiger partial charge in [0.15, 0.2) is 0 Å². The van der Waals surface area contributed by atoms with Gasteiger partial charge in [0.05, 0.1) is 25.4 Å². The summed E-state index contributed by atoms with van der Waals surface area (Å²) >= 11 is 0. The van der Waals surface area contributed by atoms with Gasteiger partial charge in [-0.3, -0.25) is 9.59 Å². The predicted octanol–water partition coefficient (Wildman–Crippen LogP) is 2.06. The quantitative estimate of drug-likeness (QED) is 0.179. The number of carbonyl (C=O) groups is 2. The highest BCUT2D eigenvalue weighted by molar-refractivity contribution is 5.84. The summed E-state index contributed by atoms with van der Waals surface area (Å²) in [4.78, 5) is 23.8. The maximum atomic E-state index is 12.2. The van der Waals surface area contributed by atoms with E-state index in [4.69, 9.17) is 14.9 Å². The Morgan fingerprint density at radius 2 is 1.93 bits per heavy atom. The van der Waals surface area contributed by atoms with Gasteiger partial charge in [0.2, 0.25) is 0 Å². The first-order valence-corrected chi connectivity index (χ1v) is 11.1. The van der Waals surface area contributed by atoms with Gasteiger partial charge in [-0.05, 0) is 25.7 Å². The van der Waals surface area contributed by atoms with Gasteiger partial charge < -0.3 is 25.2 Å². The number of allylic oxidation sites excluding steroid dienone is 2. The van der Waals surface area contributed by atoms with Crippen molar-refractivity contribution >= 4 is 11.8 Å². The Kier molecular flexibility index (Phi) is 13.5. The van der Waals surface area contributed by atoms with Crippen molar-refractivity contribution in [1.82, 2.24) is 0 Å². The number of rotatable bonds is 15. The minimum absolute atomic E-state index is 0.0323. The molecule has 0 bridgehead atoms. The van der Waals surface area contributed by atoms with E-state index in [2.05, 4.69) is 6.92 Å². The summed E-state index contributed by atoms with van der Waals surface area (Å²) in [5.74, 6) is -1.01. The molecule has 0 aromatic rings. The second kappa shape index (κ2) is 15.3. The first-order valence-electron chi connectivity index (χ1n) is 11.1. The number of ether oxygens (including phenoxy) is 1. The van der Waals surface area contributed by atoms with E-state index in [1.165, 1.54) is 0 Å². The Balaban J connectivity index is 2.40. The van der Waals surface area contributed by atoms with Crippen LogP contribution in [0.25, 0.3) is 0 Å². The number of hydrogen-bond acceptors (Lipinski definition) is 7. The van der Waals surface area contributed by atoms with E-state index in [0.717, 1.165) is 19.3 Å². The van der Waals surface area contributed by atoms with E-state index in [9.17, 15) is 19.8 Å². The second-order valence-electron chi connectivity index (χ2n) is 7.95. The highest BCUT2D eigenvalue weighted by Gasteiger charge is 2.39. The molecule has 0 aromatic carbocycles. The Hall–Kier alpha value is -1.54. The minimum Gasteiger partial charge on any atom is -0.457 e. The van der Waals surface area contributed by atoms with Crippen molar-refractivity contribution in [1.29, 1.82) is 0 Å². The molecule has 4 atom stereocenters. The molecule has 7 nitrogen and oxygen atoms in total. The highest BCUT2D eigenvalue weighted by atomic mass is 16.6. The van der Waals surface area contributed by atoms with Crippen molar-refractivity contribution in [3.05, 3.63) is 24.3 Å². The van der Waals surface area contributed by atoms with Crippen molar-refractivity contribution in [2.75, 3.05) is 13.2 Å². The normalized spacial score (nSPS) is 23.1. The van der Waals surface area contributed by atoms with Crippen LogP contribution in [0.3, 0.4) is 0 Å². The molecule has 1 aliphatic rings. The number of Topliss-reactive ketones (excluding diaryl/α,β-unsaturated/α-hetero) is 1. The van der Waals surface area contributed by atoms with Crippen molar-refractivity contribution in [2.24, 2.45) is 11.8 Å². The standard InChI is InChI=1S/C23H38O7/c1-2-3-6-9-17(26)12-13-20-19(21(27)14-22(20)28)10-7-4-5-8-11-23(29)30-18(15-24)16-25/h4,7,12-13,17-20,22,24-26,28H,2-3,5-6,8-11,14-16H2,1H3/b7-4-,13-12+/t17-,19-,20-,22-/m0/s1. The molecule has 0 saturated heterocycles. The summed E-state index contributed by atoms with van der Waals surface area (Å²) in [6.07, 6.45) is 11.0. The van der Waals surface area contributed by atoms with Crippen LogP contribution in [0.5, 0.6) is 0 Å². The van der Waals surface area contributed by atoms with E-state index >= 15 is 0 Å². The average Bonchev–Trinajstić information content (AvgIpc) is 2.99. The fourth-order valence-corrected chi connectivity index (χ4v) is 3.59. The topological polar surface area (TPSA) is 124 Å². The second-order valence-corrected chi connectivity index (χ2v) is 7.95. The number of hydrogen-bond donors (Lipinski definition) is 4. The zero-order valence-corrected chi connectivity index (χ0v) is 18.0. The van der Waals surface area contributed by atoms with Gasteiger partial charge in [-0.1, -0.05) is 50.5 Å². The van der Waals surface area contributed by atoms with Gasteiger partial charge in [0.25, 0.3) is 0 Å². The molecule has 1 saturated carbocycles. The number of aliphatic hydroxyl groups is 4. The van der Waals surface area contributed by atoms with Crippen LogP contribution in [0, 0.1) is 11.8 Å². The van der Waals surface area contributed by atoms with Crippen LogP contribution < -0.4 is 0 Å². The fourth-order valence-electron chi connectivity index (χ4n) is 3.59. The summed E-state index contributed by atoms with van der Waals surface area (Å²) < 4.78 is 4.89. The lowest BCUT2D eigenvalue weighted by atomic mass is 9.90. The maximum Gasteiger partial charge on any atom is 0.306 e. The summed E-state index contributed by atoms with van der Waals surface area (Å²) in [7, 11) is 0.